The van der Waals surface area contributed by atoms with Gasteiger partial charge in [-0.2, -0.15) is 5.10 Å². The number of amides is 1. The van der Waals surface area contributed by atoms with Crippen LogP contribution in [0.15, 0.2) is 29.4 Å². The van der Waals surface area contributed by atoms with Crippen LogP contribution in [-0.4, -0.2) is 11.6 Å². The van der Waals surface area contributed by atoms with Gasteiger partial charge in [0, 0.05) is 6.42 Å². The fraction of sp³-hybridized carbons (Fsp3) is 0.636. The summed E-state index contributed by atoms with van der Waals surface area (Å²) in [5.41, 5.74) is 6.11. The van der Waals surface area contributed by atoms with E-state index in [-0.39, 0.29) is 5.91 Å². The molecule has 1 amide bonds. The highest BCUT2D eigenvalue weighted by atomic mass is 16.2. The Bertz CT molecular complexity index is 542. The molecule has 1 aromatic carbocycles. The highest BCUT2D eigenvalue weighted by Crippen LogP contribution is 2.32. The van der Waals surface area contributed by atoms with E-state index in [2.05, 4.69) is 41.7 Å². The Hall–Kier alpha value is -1.64. The predicted octanol–water partition coefficient (Wildman–Crippen LogP) is 5.94. The summed E-state index contributed by atoms with van der Waals surface area (Å²) >= 11 is 0. The van der Waals surface area contributed by atoms with Crippen molar-refractivity contribution in [1.29, 1.82) is 0 Å². The standard InChI is InChI=1S/C22H34N2O/c1-3-4-5-6-10-13-22(25)24-23-18(2)19-14-16-21(17-15-19)20-11-8-7-9-12-20/h14-17,20H,3-13H2,1-2H3,(H,24,25)/b23-18+. The topological polar surface area (TPSA) is 41.5 Å². The van der Waals surface area contributed by atoms with Crippen LogP contribution in [0.5, 0.6) is 0 Å². The molecule has 1 N–H and O–H groups in total. The van der Waals surface area contributed by atoms with Crippen LogP contribution in [0.1, 0.15) is 102 Å². The molecule has 1 aliphatic rings. The Labute approximate surface area is 153 Å². The monoisotopic (exact) mass is 342 g/mol. The second-order valence-electron chi connectivity index (χ2n) is 7.35. The quantitative estimate of drug-likeness (QED) is 0.337. The summed E-state index contributed by atoms with van der Waals surface area (Å²) in [6.07, 6.45) is 13.1. The summed E-state index contributed by atoms with van der Waals surface area (Å²) in [6.45, 7) is 4.16. The van der Waals surface area contributed by atoms with Crippen LogP contribution >= 0.6 is 0 Å². The van der Waals surface area contributed by atoms with E-state index >= 15 is 0 Å². The number of nitrogens with one attached hydrogen (secondary N) is 1. The minimum atomic E-state index is 0.0228. The maximum Gasteiger partial charge on any atom is 0.240 e. The zero-order chi connectivity index (χ0) is 17.9. The van der Waals surface area contributed by atoms with E-state index in [1.807, 2.05) is 6.92 Å². The molecule has 1 fully saturated rings. The lowest BCUT2D eigenvalue weighted by molar-refractivity contribution is -0.121. The Morgan fingerprint density at radius 3 is 2.40 bits per heavy atom. The SMILES string of the molecule is CCCCCCCC(=O)N/N=C(\C)c1ccc(C2CCCCC2)cc1. The molecule has 0 spiro atoms. The molecule has 1 aliphatic carbocycles. The van der Waals surface area contributed by atoms with Crippen LogP contribution in [0.3, 0.4) is 0 Å². The number of carbonyl (C=O) groups excluding carboxylic acids is 1. The third-order valence-electron chi connectivity index (χ3n) is 5.26. The first-order chi connectivity index (χ1) is 12.2. The molecule has 0 radical (unpaired) electrons. The normalized spacial score (nSPS) is 16.0. The number of nitrogens with zero attached hydrogens (tertiary/aromatic N) is 1. The molecular formula is C22H34N2O. The van der Waals surface area contributed by atoms with Crippen molar-refractivity contribution in [1.82, 2.24) is 5.43 Å². The summed E-state index contributed by atoms with van der Waals surface area (Å²) in [7, 11) is 0. The third-order valence-corrected chi connectivity index (χ3v) is 5.26. The molecule has 0 unspecified atom stereocenters. The molecule has 0 bridgehead atoms. The van der Waals surface area contributed by atoms with E-state index in [9.17, 15) is 4.79 Å². The molecule has 2 rings (SSSR count). The molecule has 3 heteroatoms. The van der Waals surface area contributed by atoms with Crippen molar-refractivity contribution in [2.45, 2.75) is 90.4 Å². The third kappa shape index (κ3) is 7.01. The smallest absolute Gasteiger partial charge is 0.240 e. The van der Waals surface area contributed by atoms with Crippen LogP contribution in [0.4, 0.5) is 0 Å². The van der Waals surface area contributed by atoms with E-state index in [1.165, 1.54) is 56.9 Å². The first-order valence-electron chi connectivity index (χ1n) is 10.1. The van der Waals surface area contributed by atoms with Crippen LogP contribution in [-0.2, 0) is 4.79 Å². The molecule has 0 saturated heterocycles. The Kier molecular flexibility index (Phi) is 8.71. The summed E-state index contributed by atoms with van der Waals surface area (Å²) in [4.78, 5) is 11.9. The fourth-order valence-corrected chi connectivity index (χ4v) is 3.59. The summed E-state index contributed by atoms with van der Waals surface area (Å²) in [5, 5.41) is 4.27. The average Bonchev–Trinajstić information content (AvgIpc) is 2.67. The summed E-state index contributed by atoms with van der Waals surface area (Å²) < 4.78 is 0. The van der Waals surface area contributed by atoms with Crippen LogP contribution in [0, 0.1) is 0 Å². The van der Waals surface area contributed by atoms with Crippen molar-refractivity contribution in [3.05, 3.63) is 35.4 Å². The first-order valence-corrected chi connectivity index (χ1v) is 10.1. The second-order valence-corrected chi connectivity index (χ2v) is 7.35. The maximum atomic E-state index is 11.9. The van der Waals surface area contributed by atoms with E-state index < -0.39 is 0 Å². The van der Waals surface area contributed by atoms with Gasteiger partial charge < -0.3 is 0 Å². The number of rotatable bonds is 9. The highest BCUT2D eigenvalue weighted by Gasteiger charge is 2.15. The number of hydrogen-bond donors (Lipinski definition) is 1. The van der Waals surface area contributed by atoms with Crippen LogP contribution < -0.4 is 5.43 Å². The largest absolute Gasteiger partial charge is 0.273 e. The van der Waals surface area contributed by atoms with E-state index in [0.29, 0.717) is 6.42 Å². The molecule has 1 saturated carbocycles. The van der Waals surface area contributed by atoms with Gasteiger partial charge in [-0.1, -0.05) is 76.1 Å². The van der Waals surface area contributed by atoms with Gasteiger partial charge in [-0.05, 0) is 43.2 Å². The number of benzene rings is 1. The van der Waals surface area contributed by atoms with Crippen molar-refractivity contribution in [2.24, 2.45) is 5.10 Å². The van der Waals surface area contributed by atoms with Gasteiger partial charge in [-0.25, -0.2) is 5.43 Å². The predicted molar refractivity (Wildman–Crippen MR) is 106 cm³/mol. The Morgan fingerprint density at radius 2 is 1.72 bits per heavy atom. The molecule has 1 aromatic rings. The van der Waals surface area contributed by atoms with Crippen molar-refractivity contribution >= 4 is 11.6 Å². The highest BCUT2D eigenvalue weighted by molar-refractivity contribution is 5.99. The van der Waals surface area contributed by atoms with Crippen molar-refractivity contribution in [3.8, 4) is 0 Å². The lowest BCUT2D eigenvalue weighted by Crippen LogP contribution is -2.18. The van der Waals surface area contributed by atoms with Crippen LogP contribution in [0.25, 0.3) is 0 Å². The Balaban J connectivity index is 1.77. The maximum absolute atomic E-state index is 11.9. The first kappa shape index (κ1) is 19.7. The minimum absolute atomic E-state index is 0.0228. The molecule has 0 atom stereocenters. The average molecular weight is 343 g/mol. The molecular weight excluding hydrogens is 308 g/mol. The number of carbonyl (C=O) groups is 1. The van der Waals surface area contributed by atoms with Gasteiger partial charge in [0.05, 0.1) is 5.71 Å². The minimum Gasteiger partial charge on any atom is -0.273 e. The van der Waals surface area contributed by atoms with Gasteiger partial charge in [0.15, 0.2) is 0 Å². The van der Waals surface area contributed by atoms with E-state index in [4.69, 9.17) is 0 Å². The number of hydrogen-bond acceptors (Lipinski definition) is 2. The molecule has 0 aliphatic heterocycles. The molecule has 0 aromatic heterocycles. The zero-order valence-electron chi connectivity index (χ0n) is 16.0. The summed E-state index contributed by atoms with van der Waals surface area (Å²) in [6, 6.07) is 8.75. The van der Waals surface area contributed by atoms with Gasteiger partial charge in [0.25, 0.3) is 0 Å². The molecule has 25 heavy (non-hydrogen) atoms. The van der Waals surface area contributed by atoms with Crippen molar-refractivity contribution in [2.75, 3.05) is 0 Å². The van der Waals surface area contributed by atoms with Gasteiger partial charge >= 0.3 is 0 Å². The molecule has 0 heterocycles. The van der Waals surface area contributed by atoms with Gasteiger partial charge in [0.1, 0.15) is 0 Å². The number of hydrazone groups is 1. The van der Waals surface area contributed by atoms with Gasteiger partial charge in [0.2, 0.25) is 5.91 Å². The van der Waals surface area contributed by atoms with Crippen LogP contribution in [0.2, 0.25) is 0 Å². The lowest BCUT2D eigenvalue weighted by atomic mass is 9.84. The summed E-state index contributed by atoms with van der Waals surface area (Å²) in [5.74, 6) is 0.752. The molecule has 138 valence electrons. The zero-order valence-corrected chi connectivity index (χ0v) is 16.0. The second kappa shape index (κ2) is 11.1. The van der Waals surface area contributed by atoms with Crippen molar-refractivity contribution < 1.29 is 4.79 Å². The van der Waals surface area contributed by atoms with E-state index in [1.54, 1.807) is 0 Å². The van der Waals surface area contributed by atoms with Crippen molar-refractivity contribution in [3.63, 3.8) is 0 Å². The van der Waals surface area contributed by atoms with Gasteiger partial charge in [-0.3, -0.25) is 4.79 Å². The Morgan fingerprint density at radius 1 is 1.04 bits per heavy atom. The van der Waals surface area contributed by atoms with Gasteiger partial charge in [-0.15, -0.1) is 0 Å². The number of unbranched alkanes of at least 4 members (excludes halogenated alkanes) is 4. The fourth-order valence-electron chi connectivity index (χ4n) is 3.59. The molecule has 3 nitrogen and oxygen atoms in total. The lowest BCUT2D eigenvalue weighted by Gasteiger charge is -2.22. The van der Waals surface area contributed by atoms with E-state index in [0.717, 1.165) is 30.0 Å².